The fourth-order valence-electron chi connectivity index (χ4n) is 3.59. The number of benzene rings is 2. The zero-order valence-electron chi connectivity index (χ0n) is 22.1. The lowest BCUT2D eigenvalue weighted by atomic mass is 10.0. The van der Waals surface area contributed by atoms with E-state index >= 15 is 0 Å². The second-order valence-corrected chi connectivity index (χ2v) is 10.4. The summed E-state index contributed by atoms with van der Waals surface area (Å²) < 4.78 is 0. The number of thioether (sulfide) groups is 1. The largest absolute Gasteiger partial charge is 0.508 e. The van der Waals surface area contributed by atoms with Crippen LogP contribution in [0.2, 0.25) is 0 Å². The first kappa shape index (κ1) is 32.7. The number of carbonyl (C=O) groups excluding carboxylic acids is 5. The highest BCUT2D eigenvalue weighted by Gasteiger charge is 2.26. The van der Waals surface area contributed by atoms with E-state index in [9.17, 15) is 29.1 Å². The topological polar surface area (TPSA) is 180 Å². The predicted octanol–water partition coefficient (Wildman–Crippen LogP) is -0.0838. The van der Waals surface area contributed by atoms with Crippen LogP contribution < -0.4 is 27.0 Å². The van der Waals surface area contributed by atoms with Crippen molar-refractivity contribution in [3.63, 3.8) is 0 Å². The minimum atomic E-state index is -1.01. The van der Waals surface area contributed by atoms with Gasteiger partial charge in [-0.15, -0.1) is 12.6 Å². The van der Waals surface area contributed by atoms with Gasteiger partial charge >= 0.3 is 0 Å². The molecule has 4 amide bonds. The first-order valence-electron chi connectivity index (χ1n) is 12.5. The van der Waals surface area contributed by atoms with E-state index in [1.165, 1.54) is 23.9 Å². The van der Waals surface area contributed by atoms with Gasteiger partial charge in [0.1, 0.15) is 11.8 Å². The lowest BCUT2D eigenvalue weighted by Crippen LogP contribution is -2.54. The van der Waals surface area contributed by atoms with Gasteiger partial charge in [0, 0.05) is 6.42 Å². The van der Waals surface area contributed by atoms with Crippen LogP contribution in [0.4, 0.5) is 0 Å². The highest BCUT2D eigenvalue weighted by molar-refractivity contribution is 7.98. The van der Waals surface area contributed by atoms with Gasteiger partial charge in [0.05, 0.1) is 25.2 Å². The Morgan fingerprint density at radius 1 is 0.825 bits per heavy atom. The summed E-state index contributed by atoms with van der Waals surface area (Å²) in [4.78, 5) is 61.9. The van der Waals surface area contributed by atoms with Gasteiger partial charge in [-0.3, -0.25) is 24.0 Å². The molecule has 0 aliphatic rings. The van der Waals surface area contributed by atoms with Gasteiger partial charge < -0.3 is 32.1 Å². The molecule has 7 N–H and O–H groups in total. The smallest absolute Gasteiger partial charge is 0.243 e. The van der Waals surface area contributed by atoms with Crippen molar-refractivity contribution in [2.75, 3.05) is 25.1 Å². The molecule has 3 atom stereocenters. The highest BCUT2D eigenvalue weighted by atomic mass is 32.2. The third kappa shape index (κ3) is 12.1. The predicted molar refractivity (Wildman–Crippen MR) is 157 cm³/mol. The van der Waals surface area contributed by atoms with Gasteiger partial charge in [-0.1, -0.05) is 42.5 Å². The summed E-state index contributed by atoms with van der Waals surface area (Å²) in [7, 11) is 0. The summed E-state index contributed by atoms with van der Waals surface area (Å²) in [5.74, 6) is -1.62. The maximum absolute atomic E-state index is 13.0. The molecule has 2 aromatic carbocycles. The number of aromatic hydroxyl groups is 1. The Labute approximate surface area is 242 Å². The van der Waals surface area contributed by atoms with Crippen molar-refractivity contribution in [2.45, 2.75) is 37.4 Å². The summed E-state index contributed by atoms with van der Waals surface area (Å²) in [5.41, 5.74) is 7.42. The van der Waals surface area contributed by atoms with Crippen molar-refractivity contribution in [1.82, 2.24) is 21.3 Å². The zero-order valence-corrected chi connectivity index (χ0v) is 23.8. The molecule has 40 heavy (non-hydrogen) atoms. The van der Waals surface area contributed by atoms with Gasteiger partial charge in [-0.25, -0.2) is 0 Å². The molecule has 2 rings (SSSR count). The normalized spacial score (nSPS) is 12.9. The summed E-state index contributed by atoms with van der Waals surface area (Å²) >= 11 is 5.39. The van der Waals surface area contributed by atoms with Crippen molar-refractivity contribution in [1.29, 1.82) is 0 Å². The maximum Gasteiger partial charge on any atom is 0.243 e. The third-order valence-electron chi connectivity index (χ3n) is 5.76. The monoisotopic (exact) mass is 589 g/mol. The number of thiol groups is 1. The van der Waals surface area contributed by atoms with E-state index in [1.807, 2.05) is 12.3 Å². The van der Waals surface area contributed by atoms with Crippen LogP contribution in [0.25, 0.3) is 0 Å². The van der Waals surface area contributed by atoms with Gasteiger partial charge in [0.15, 0.2) is 0 Å². The van der Waals surface area contributed by atoms with E-state index in [2.05, 4.69) is 33.9 Å². The van der Waals surface area contributed by atoms with Crippen molar-refractivity contribution >= 4 is 53.1 Å². The fourth-order valence-corrected chi connectivity index (χ4v) is 4.25. The quantitative estimate of drug-likeness (QED) is 0.133. The van der Waals surface area contributed by atoms with Crippen LogP contribution in [-0.4, -0.2) is 77.1 Å². The number of hydrogen-bond acceptors (Lipinski definition) is 8. The maximum atomic E-state index is 13.0. The molecule has 0 saturated heterocycles. The number of carbonyl (C=O) groups is 5. The van der Waals surface area contributed by atoms with Crippen molar-refractivity contribution < 1.29 is 29.1 Å². The standard InChI is InChI=1S/C27H35N5O6S2/c1-40-12-11-21(27(38)39)32-26(37)22(14-17-5-3-2-4-6-17)31-24(35)16-29-23(34)15-30-25(36)20(28)13-18-7-9-19(33)10-8-18/h2-10,20-22,33H,11-16,28H2,1H3,(H,29,34)(H,30,36)(H,31,35)(H,32,37)(H,38,39)/t20-,21-,22-/m0/s1. The molecule has 0 heterocycles. The molecule has 2 aromatic rings. The SMILES string of the molecule is CSCC[C@H](NC(=O)[C@H](Cc1ccccc1)NC(=O)CNC(=O)CNC(=O)[C@@H](N)Cc1ccc(O)cc1)C(=O)S. The van der Waals surface area contributed by atoms with Crippen molar-refractivity contribution in [2.24, 2.45) is 5.73 Å². The Hall–Kier alpha value is -3.55. The van der Waals surface area contributed by atoms with E-state index in [1.54, 1.807) is 36.4 Å². The minimum absolute atomic E-state index is 0.0950. The van der Waals surface area contributed by atoms with E-state index in [0.717, 1.165) is 11.1 Å². The summed E-state index contributed by atoms with van der Waals surface area (Å²) in [6, 6.07) is 12.6. The molecule has 13 heteroatoms. The Kier molecular flexibility index (Phi) is 14.0. The third-order valence-corrected chi connectivity index (χ3v) is 6.71. The number of amides is 4. The second kappa shape index (κ2) is 17.2. The molecule has 0 unspecified atom stereocenters. The van der Waals surface area contributed by atoms with Crippen LogP contribution >= 0.6 is 24.4 Å². The molecule has 0 spiro atoms. The summed E-state index contributed by atoms with van der Waals surface area (Å²) in [5, 5.41) is 18.9. The molecule has 0 aromatic heterocycles. The number of phenolic OH excluding ortho intramolecular Hbond substituents is 1. The van der Waals surface area contributed by atoms with E-state index in [-0.39, 0.29) is 18.6 Å². The number of nitrogens with two attached hydrogens (primary N) is 1. The average Bonchev–Trinajstić information content (AvgIpc) is 2.93. The molecule has 11 nitrogen and oxygen atoms in total. The van der Waals surface area contributed by atoms with Crippen LogP contribution in [0.3, 0.4) is 0 Å². The number of hydrogen-bond donors (Lipinski definition) is 7. The molecular weight excluding hydrogens is 554 g/mol. The van der Waals surface area contributed by atoms with Crippen LogP contribution in [0.15, 0.2) is 54.6 Å². The molecule has 0 fully saturated rings. The second-order valence-electron chi connectivity index (χ2n) is 8.96. The molecule has 0 aliphatic carbocycles. The molecule has 0 saturated carbocycles. The van der Waals surface area contributed by atoms with Crippen LogP contribution in [0.1, 0.15) is 17.5 Å². The van der Waals surface area contributed by atoms with Gasteiger partial charge in [-0.05, 0) is 48.1 Å². The van der Waals surface area contributed by atoms with Gasteiger partial charge in [0.2, 0.25) is 28.7 Å². The highest BCUT2D eigenvalue weighted by Crippen LogP contribution is 2.11. The van der Waals surface area contributed by atoms with Crippen LogP contribution in [0, 0.1) is 0 Å². The Morgan fingerprint density at radius 2 is 1.45 bits per heavy atom. The molecule has 0 bridgehead atoms. The van der Waals surface area contributed by atoms with Gasteiger partial charge in [0.25, 0.3) is 0 Å². The first-order chi connectivity index (χ1) is 19.1. The first-order valence-corrected chi connectivity index (χ1v) is 14.4. The Bertz CT molecular complexity index is 1150. The molecule has 216 valence electrons. The number of rotatable bonds is 16. The Morgan fingerprint density at radius 3 is 2.08 bits per heavy atom. The van der Waals surface area contributed by atoms with E-state index < -0.39 is 60.0 Å². The fraction of sp³-hybridized carbons (Fsp3) is 0.370. The lowest BCUT2D eigenvalue weighted by molar-refractivity contribution is -0.131. The summed E-state index contributed by atoms with van der Waals surface area (Å²) in [6.45, 7) is -0.835. The van der Waals surface area contributed by atoms with E-state index in [4.69, 9.17) is 5.73 Å². The molecular formula is C27H35N5O6S2. The lowest BCUT2D eigenvalue weighted by Gasteiger charge is -2.22. The number of phenols is 1. The average molecular weight is 590 g/mol. The van der Waals surface area contributed by atoms with Crippen LogP contribution in [-0.2, 0) is 36.8 Å². The zero-order chi connectivity index (χ0) is 29.5. The Balaban J connectivity index is 1.88. The van der Waals surface area contributed by atoms with Gasteiger partial charge in [-0.2, -0.15) is 11.8 Å². The van der Waals surface area contributed by atoms with Crippen LogP contribution in [0.5, 0.6) is 5.75 Å². The molecule has 0 aliphatic heterocycles. The number of nitrogens with one attached hydrogen (secondary N) is 4. The van der Waals surface area contributed by atoms with Crippen molar-refractivity contribution in [3.05, 3.63) is 65.7 Å². The van der Waals surface area contributed by atoms with Crippen molar-refractivity contribution in [3.8, 4) is 5.75 Å². The summed E-state index contributed by atoms with van der Waals surface area (Å²) in [6.07, 6.45) is 2.64. The van der Waals surface area contributed by atoms with E-state index in [0.29, 0.717) is 12.2 Å². The minimum Gasteiger partial charge on any atom is -0.508 e. The molecule has 0 radical (unpaired) electrons.